The van der Waals surface area contributed by atoms with Crippen molar-refractivity contribution in [3.63, 3.8) is 0 Å². The third kappa shape index (κ3) is 5.45. The van der Waals surface area contributed by atoms with Crippen molar-refractivity contribution in [2.75, 3.05) is 5.75 Å². The Hall–Kier alpha value is -1.70. The third-order valence-electron chi connectivity index (χ3n) is 3.46. The van der Waals surface area contributed by atoms with Crippen LogP contribution in [0.3, 0.4) is 0 Å². The van der Waals surface area contributed by atoms with Gasteiger partial charge < -0.3 is 4.74 Å². The van der Waals surface area contributed by atoms with Crippen LogP contribution in [0.4, 0.5) is 0 Å². The minimum atomic E-state index is -1.05. The van der Waals surface area contributed by atoms with Gasteiger partial charge in [-0.05, 0) is 43.0 Å². The molecule has 2 rings (SSSR count). The molecule has 0 atom stereocenters. The van der Waals surface area contributed by atoms with E-state index in [0.29, 0.717) is 11.3 Å². The Morgan fingerprint density at radius 2 is 1.78 bits per heavy atom. The largest absolute Gasteiger partial charge is 0.456 e. The highest BCUT2D eigenvalue weighted by molar-refractivity contribution is 7.99. The monoisotopic (exact) mass is 341 g/mol. The molecule has 0 aliphatic carbocycles. The Kier molecular flexibility index (Phi) is 5.92. The first-order chi connectivity index (χ1) is 10.9. The molecule has 2 nitrogen and oxygen atoms in total. The van der Waals surface area contributed by atoms with Crippen LogP contribution in [0.5, 0.6) is 11.5 Å². The molecule has 0 radical (unpaired) electrons. The second-order valence-corrected chi connectivity index (χ2v) is 13.6. The van der Waals surface area contributed by atoms with Gasteiger partial charge in [-0.15, -0.1) is 11.8 Å². The predicted octanol–water partition coefficient (Wildman–Crippen LogP) is 6.09. The quantitative estimate of drug-likeness (QED) is 0.471. The van der Waals surface area contributed by atoms with Crippen molar-refractivity contribution in [2.24, 2.45) is 0 Å². The summed E-state index contributed by atoms with van der Waals surface area (Å²) in [6.07, 6.45) is 0. The lowest BCUT2D eigenvalue weighted by atomic mass is 10.2. The molecule has 0 spiro atoms. The van der Waals surface area contributed by atoms with E-state index >= 15 is 0 Å². The molecule has 0 amide bonds. The molecule has 0 fully saturated rings. The number of benzene rings is 2. The number of nitriles is 1. The lowest BCUT2D eigenvalue weighted by Crippen LogP contribution is -2.19. The Morgan fingerprint density at radius 1 is 1.09 bits per heavy atom. The van der Waals surface area contributed by atoms with Crippen molar-refractivity contribution in [1.82, 2.24) is 0 Å². The first kappa shape index (κ1) is 17.6. The van der Waals surface area contributed by atoms with E-state index in [-0.39, 0.29) is 0 Å². The Bertz CT molecular complexity index is 699. The Labute approximate surface area is 144 Å². The Balaban J connectivity index is 2.16. The Morgan fingerprint density at radius 3 is 2.39 bits per heavy atom. The standard InChI is InChI=1S/C19H23NOSSi/c1-15-8-10-16(11-9-15)21-18-6-5-7-19(17(18)14-20)22-12-13-23(2,3)4/h5-11H,12-13H2,1-4H3. The lowest BCUT2D eigenvalue weighted by Gasteiger charge is -2.15. The minimum absolute atomic E-state index is 0.633. The van der Waals surface area contributed by atoms with Crippen molar-refractivity contribution in [2.45, 2.75) is 37.5 Å². The van der Waals surface area contributed by atoms with E-state index in [1.807, 2.05) is 49.4 Å². The van der Waals surface area contributed by atoms with E-state index in [0.717, 1.165) is 16.4 Å². The number of hydrogen-bond donors (Lipinski definition) is 0. The summed E-state index contributed by atoms with van der Waals surface area (Å²) in [4.78, 5) is 1.01. The average Bonchev–Trinajstić information content (AvgIpc) is 2.48. The molecule has 0 aliphatic rings. The van der Waals surface area contributed by atoms with Crippen LogP contribution in [0.25, 0.3) is 0 Å². The van der Waals surface area contributed by atoms with Crippen LogP contribution in [0, 0.1) is 18.3 Å². The molecule has 120 valence electrons. The maximum Gasteiger partial charge on any atom is 0.146 e. The third-order valence-corrected chi connectivity index (χ3v) is 6.63. The summed E-state index contributed by atoms with van der Waals surface area (Å²) in [6.45, 7) is 9.15. The van der Waals surface area contributed by atoms with E-state index in [1.165, 1.54) is 11.6 Å². The highest BCUT2D eigenvalue weighted by Gasteiger charge is 2.15. The van der Waals surface area contributed by atoms with Crippen LogP contribution < -0.4 is 4.74 Å². The maximum absolute atomic E-state index is 9.55. The molecule has 0 bridgehead atoms. The fourth-order valence-electron chi connectivity index (χ4n) is 2.03. The fraction of sp³-hybridized carbons (Fsp3) is 0.316. The molecule has 0 saturated heterocycles. The number of nitrogens with zero attached hydrogens (tertiary/aromatic N) is 1. The van der Waals surface area contributed by atoms with Gasteiger partial charge >= 0.3 is 0 Å². The first-order valence-corrected chi connectivity index (χ1v) is 12.5. The molecule has 0 heterocycles. The zero-order chi connectivity index (χ0) is 16.9. The lowest BCUT2D eigenvalue weighted by molar-refractivity contribution is 0.479. The van der Waals surface area contributed by atoms with Gasteiger partial charge in [0.05, 0.1) is 0 Å². The van der Waals surface area contributed by atoms with E-state index < -0.39 is 8.07 Å². The SMILES string of the molecule is Cc1ccc(Oc2cccc(SCC[Si](C)(C)C)c2C#N)cc1. The molecule has 2 aromatic carbocycles. The summed E-state index contributed by atoms with van der Waals surface area (Å²) in [6, 6.07) is 17.3. The number of rotatable bonds is 6. The topological polar surface area (TPSA) is 33.0 Å². The van der Waals surface area contributed by atoms with Crippen molar-refractivity contribution < 1.29 is 4.74 Å². The smallest absolute Gasteiger partial charge is 0.146 e. The highest BCUT2D eigenvalue weighted by Crippen LogP contribution is 2.33. The number of ether oxygens (including phenoxy) is 1. The van der Waals surface area contributed by atoms with Crippen LogP contribution in [0.1, 0.15) is 11.1 Å². The summed E-state index contributed by atoms with van der Waals surface area (Å²) in [7, 11) is -1.05. The molecular formula is C19H23NOSSi. The molecule has 0 saturated carbocycles. The van der Waals surface area contributed by atoms with E-state index in [2.05, 4.69) is 25.7 Å². The number of aryl methyl sites for hydroxylation is 1. The highest BCUT2D eigenvalue weighted by atomic mass is 32.2. The normalized spacial score (nSPS) is 11.1. The van der Waals surface area contributed by atoms with Crippen LogP contribution in [0.2, 0.25) is 25.7 Å². The minimum Gasteiger partial charge on any atom is -0.456 e. The zero-order valence-electron chi connectivity index (χ0n) is 14.2. The van der Waals surface area contributed by atoms with Crippen LogP contribution in [0.15, 0.2) is 47.4 Å². The van der Waals surface area contributed by atoms with Gasteiger partial charge in [0.2, 0.25) is 0 Å². The summed E-state index contributed by atoms with van der Waals surface area (Å²) >= 11 is 1.76. The molecule has 0 aliphatic heterocycles. The van der Waals surface area contributed by atoms with Gasteiger partial charge in [-0.25, -0.2) is 0 Å². The van der Waals surface area contributed by atoms with Gasteiger partial charge in [0.1, 0.15) is 23.1 Å². The summed E-state index contributed by atoms with van der Waals surface area (Å²) in [5.74, 6) is 2.45. The van der Waals surface area contributed by atoms with E-state index in [1.54, 1.807) is 11.8 Å². The van der Waals surface area contributed by atoms with Crippen LogP contribution >= 0.6 is 11.8 Å². The average molecular weight is 342 g/mol. The number of hydrogen-bond acceptors (Lipinski definition) is 3. The van der Waals surface area contributed by atoms with Gasteiger partial charge in [-0.3, -0.25) is 0 Å². The van der Waals surface area contributed by atoms with E-state index in [4.69, 9.17) is 4.74 Å². The molecule has 0 aromatic heterocycles. The van der Waals surface area contributed by atoms with E-state index in [9.17, 15) is 5.26 Å². The zero-order valence-corrected chi connectivity index (χ0v) is 16.0. The van der Waals surface area contributed by atoms with Gasteiger partial charge in [0.15, 0.2) is 0 Å². The maximum atomic E-state index is 9.55. The first-order valence-electron chi connectivity index (χ1n) is 7.79. The van der Waals surface area contributed by atoms with Crippen molar-refractivity contribution in [1.29, 1.82) is 5.26 Å². The van der Waals surface area contributed by atoms with Crippen molar-refractivity contribution in [3.8, 4) is 17.6 Å². The summed E-state index contributed by atoms with van der Waals surface area (Å²) in [5, 5.41) is 9.55. The molecule has 2 aromatic rings. The number of thioether (sulfide) groups is 1. The molecule has 23 heavy (non-hydrogen) atoms. The molecule has 0 N–H and O–H groups in total. The fourth-order valence-corrected chi connectivity index (χ4v) is 5.57. The second kappa shape index (κ2) is 7.72. The molecular weight excluding hydrogens is 318 g/mol. The molecule has 0 unspecified atom stereocenters. The van der Waals surface area contributed by atoms with Gasteiger partial charge in [0, 0.05) is 13.0 Å². The second-order valence-electron chi connectivity index (χ2n) is 6.82. The van der Waals surface area contributed by atoms with Crippen LogP contribution in [-0.2, 0) is 0 Å². The van der Waals surface area contributed by atoms with Crippen molar-refractivity contribution in [3.05, 3.63) is 53.6 Å². The summed E-state index contributed by atoms with van der Waals surface area (Å²) < 4.78 is 5.92. The van der Waals surface area contributed by atoms with Crippen molar-refractivity contribution >= 4 is 19.8 Å². The molecule has 4 heteroatoms. The van der Waals surface area contributed by atoms with Gasteiger partial charge in [0.25, 0.3) is 0 Å². The van der Waals surface area contributed by atoms with Gasteiger partial charge in [-0.1, -0.05) is 43.4 Å². The van der Waals surface area contributed by atoms with Crippen LogP contribution in [-0.4, -0.2) is 13.8 Å². The predicted molar refractivity (Wildman–Crippen MR) is 101 cm³/mol. The van der Waals surface area contributed by atoms with Gasteiger partial charge in [-0.2, -0.15) is 5.26 Å². The summed E-state index contributed by atoms with van der Waals surface area (Å²) in [5.41, 5.74) is 1.82.